The fraction of sp³-hybridized carbons (Fsp3) is 0.304. The smallest absolute Gasteiger partial charge is 0.268 e. The van der Waals surface area contributed by atoms with Crippen LogP contribution >= 0.6 is 0 Å². The van der Waals surface area contributed by atoms with Gasteiger partial charge < -0.3 is 10.2 Å². The van der Waals surface area contributed by atoms with E-state index in [4.69, 9.17) is 0 Å². The molecule has 0 fully saturated rings. The SMILES string of the molecule is CNC1CCCc2c1cn(S(=O)(=O)c1cccc(N(C)C)c1)c2-c1ccccc1F. The van der Waals surface area contributed by atoms with E-state index in [1.165, 1.54) is 10.0 Å². The normalized spacial score (nSPS) is 16.3. The molecule has 1 aliphatic rings. The summed E-state index contributed by atoms with van der Waals surface area (Å²) in [5.74, 6) is -0.427. The third kappa shape index (κ3) is 3.42. The van der Waals surface area contributed by atoms with E-state index in [1.807, 2.05) is 32.1 Å². The number of rotatable bonds is 5. The number of anilines is 1. The van der Waals surface area contributed by atoms with Crippen molar-refractivity contribution in [1.29, 1.82) is 0 Å². The number of nitrogens with zero attached hydrogens (tertiary/aromatic N) is 2. The zero-order chi connectivity index (χ0) is 21.5. The summed E-state index contributed by atoms with van der Waals surface area (Å²) < 4.78 is 43.5. The largest absolute Gasteiger partial charge is 0.378 e. The monoisotopic (exact) mass is 427 g/mol. The molecule has 0 aliphatic heterocycles. The van der Waals surface area contributed by atoms with Crippen molar-refractivity contribution in [2.24, 2.45) is 0 Å². The third-order valence-corrected chi connectivity index (χ3v) is 7.43. The molecule has 7 heteroatoms. The maximum Gasteiger partial charge on any atom is 0.268 e. The van der Waals surface area contributed by atoms with Crippen LogP contribution in [0.1, 0.15) is 30.0 Å². The maximum absolute atomic E-state index is 14.8. The zero-order valence-corrected chi connectivity index (χ0v) is 18.2. The minimum absolute atomic E-state index is 0.0452. The van der Waals surface area contributed by atoms with Crippen LogP contribution in [0.2, 0.25) is 0 Å². The molecule has 1 unspecified atom stereocenters. The molecule has 1 aromatic heterocycles. The van der Waals surface area contributed by atoms with Gasteiger partial charge in [0.05, 0.1) is 10.6 Å². The lowest BCUT2D eigenvalue weighted by Gasteiger charge is -2.22. The topological polar surface area (TPSA) is 54.3 Å². The first kappa shape index (κ1) is 20.6. The van der Waals surface area contributed by atoms with Gasteiger partial charge in [-0.05, 0) is 67.8 Å². The summed E-state index contributed by atoms with van der Waals surface area (Å²) in [5, 5.41) is 3.27. The lowest BCUT2D eigenvalue weighted by Crippen LogP contribution is -2.20. The van der Waals surface area contributed by atoms with Crippen LogP contribution in [0.4, 0.5) is 10.1 Å². The van der Waals surface area contributed by atoms with Crippen LogP contribution in [-0.2, 0) is 16.4 Å². The summed E-state index contributed by atoms with van der Waals surface area (Å²) in [6.45, 7) is 0. The molecule has 0 amide bonds. The van der Waals surface area contributed by atoms with E-state index in [2.05, 4.69) is 5.32 Å². The van der Waals surface area contributed by atoms with Crippen molar-refractivity contribution < 1.29 is 12.8 Å². The van der Waals surface area contributed by atoms with Crippen molar-refractivity contribution in [1.82, 2.24) is 9.29 Å². The Labute approximate surface area is 177 Å². The number of hydrogen-bond donors (Lipinski definition) is 1. The lowest BCUT2D eigenvalue weighted by atomic mass is 9.88. The molecular formula is C23H26FN3O2S. The lowest BCUT2D eigenvalue weighted by molar-refractivity contribution is 0.499. The van der Waals surface area contributed by atoms with Crippen molar-refractivity contribution in [2.75, 3.05) is 26.0 Å². The van der Waals surface area contributed by atoms with E-state index in [-0.39, 0.29) is 10.9 Å². The van der Waals surface area contributed by atoms with Crippen LogP contribution in [0.25, 0.3) is 11.3 Å². The van der Waals surface area contributed by atoms with Gasteiger partial charge in [0.25, 0.3) is 10.0 Å². The summed E-state index contributed by atoms with van der Waals surface area (Å²) in [6.07, 6.45) is 4.23. The van der Waals surface area contributed by atoms with E-state index < -0.39 is 15.8 Å². The van der Waals surface area contributed by atoms with Gasteiger partial charge in [0.2, 0.25) is 0 Å². The van der Waals surface area contributed by atoms with E-state index in [1.54, 1.807) is 42.6 Å². The van der Waals surface area contributed by atoms with Crippen molar-refractivity contribution in [3.8, 4) is 11.3 Å². The van der Waals surface area contributed by atoms with E-state index in [9.17, 15) is 12.8 Å². The molecule has 1 atom stereocenters. The highest BCUT2D eigenvalue weighted by Crippen LogP contribution is 2.40. The molecule has 3 aromatic rings. The number of benzene rings is 2. The average Bonchev–Trinajstić information content (AvgIpc) is 3.14. The van der Waals surface area contributed by atoms with Gasteiger partial charge in [-0.3, -0.25) is 0 Å². The Morgan fingerprint density at radius 3 is 2.60 bits per heavy atom. The molecule has 30 heavy (non-hydrogen) atoms. The molecule has 0 spiro atoms. The molecule has 158 valence electrons. The molecule has 1 N–H and O–H groups in total. The summed E-state index contributed by atoms with van der Waals surface area (Å²) in [4.78, 5) is 2.04. The molecular weight excluding hydrogens is 401 g/mol. The molecule has 2 aromatic carbocycles. The molecule has 0 radical (unpaired) electrons. The van der Waals surface area contributed by atoms with Crippen molar-refractivity contribution >= 4 is 15.7 Å². The predicted molar refractivity (Wildman–Crippen MR) is 118 cm³/mol. The van der Waals surface area contributed by atoms with Crippen molar-refractivity contribution in [3.63, 3.8) is 0 Å². The Bertz CT molecular complexity index is 1180. The highest BCUT2D eigenvalue weighted by molar-refractivity contribution is 7.90. The van der Waals surface area contributed by atoms with Gasteiger partial charge in [0, 0.05) is 37.6 Å². The molecule has 1 heterocycles. The first-order valence-corrected chi connectivity index (χ1v) is 11.5. The van der Waals surface area contributed by atoms with Gasteiger partial charge in [-0.1, -0.05) is 18.2 Å². The first-order chi connectivity index (χ1) is 14.3. The Kier molecular flexibility index (Phi) is 5.42. The Morgan fingerprint density at radius 2 is 1.90 bits per heavy atom. The fourth-order valence-electron chi connectivity index (χ4n) is 4.20. The summed E-state index contributed by atoms with van der Waals surface area (Å²) in [7, 11) is 1.68. The van der Waals surface area contributed by atoms with Gasteiger partial charge in [-0.15, -0.1) is 0 Å². The van der Waals surface area contributed by atoms with Crippen LogP contribution in [0, 0.1) is 5.82 Å². The quantitative estimate of drug-likeness (QED) is 0.663. The molecule has 0 saturated carbocycles. The highest BCUT2D eigenvalue weighted by atomic mass is 32.2. The number of aromatic nitrogens is 1. The van der Waals surface area contributed by atoms with Crippen LogP contribution in [0.3, 0.4) is 0 Å². The highest BCUT2D eigenvalue weighted by Gasteiger charge is 2.31. The average molecular weight is 428 g/mol. The maximum atomic E-state index is 14.8. The van der Waals surface area contributed by atoms with Gasteiger partial charge >= 0.3 is 0 Å². The van der Waals surface area contributed by atoms with Gasteiger partial charge in [0.1, 0.15) is 5.82 Å². The summed E-state index contributed by atoms with van der Waals surface area (Å²) in [5.41, 5.74) is 3.35. The first-order valence-electron chi connectivity index (χ1n) is 10.0. The molecule has 1 aliphatic carbocycles. The number of fused-ring (bicyclic) bond motifs is 1. The number of nitrogens with one attached hydrogen (secondary N) is 1. The van der Waals surface area contributed by atoms with Crippen LogP contribution in [0.15, 0.2) is 59.6 Å². The summed E-state index contributed by atoms with van der Waals surface area (Å²) >= 11 is 0. The van der Waals surface area contributed by atoms with Crippen LogP contribution < -0.4 is 10.2 Å². The fourth-order valence-corrected chi connectivity index (χ4v) is 5.65. The van der Waals surface area contributed by atoms with Gasteiger partial charge in [-0.25, -0.2) is 16.8 Å². The number of halogens is 1. The number of hydrogen-bond acceptors (Lipinski definition) is 4. The van der Waals surface area contributed by atoms with E-state index in [0.29, 0.717) is 11.3 Å². The second-order valence-corrected chi connectivity index (χ2v) is 9.63. The Morgan fingerprint density at radius 1 is 1.13 bits per heavy atom. The van der Waals surface area contributed by atoms with E-state index >= 15 is 0 Å². The van der Waals surface area contributed by atoms with Crippen molar-refractivity contribution in [3.05, 3.63) is 71.7 Å². The Hall–Kier alpha value is -2.64. The Balaban J connectivity index is 1.99. The molecule has 0 saturated heterocycles. The standard InChI is InChI=1S/C23H26FN3O2S/c1-25-22-13-7-11-18-20(22)15-27(23(18)19-10-4-5-12-21(19)24)30(28,29)17-9-6-8-16(14-17)26(2)3/h4-6,8-10,12,14-15,22,25H,7,11,13H2,1-3H3. The van der Waals surface area contributed by atoms with Crippen LogP contribution in [0.5, 0.6) is 0 Å². The minimum atomic E-state index is -3.92. The minimum Gasteiger partial charge on any atom is -0.378 e. The molecule has 0 bridgehead atoms. The molecule has 4 rings (SSSR count). The van der Waals surface area contributed by atoms with Crippen LogP contribution in [-0.4, -0.2) is 33.5 Å². The van der Waals surface area contributed by atoms with E-state index in [0.717, 1.165) is 36.1 Å². The predicted octanol–water partition coefficient (Wildman–Crippen LogP) is 4.19. The second-order valence-electron chi connectivity index (χ2n) is 7.82. The zero-order valence-electron chi connectivity index (χ0n) is 17.4. The third-order valence-electron chi connectivity index (χ3n) is 5.77. The second kappa shape index (κ2) is 7.89. The molecule has 5 nitrogen and oxygen atoms in total. The van der Waals surface area contributed by atoms with Crippen molar-refractivity contribution in [2.45, 2.75) is 30.2 Å². The van der Waals surface area contributed by atoms with Gasteiger partial charge in [-0.2, -0.15) is 0 Å². The summed E-state index contributed by atoms with van der Waals surface area (Å²) in [6, 6.07) is 13.2. The van der Waals surface area contributed by atoms with Gasteiger partial charge in [0.15, 0.2) is 0 Å².